The highest BCUT2D eigenvalue weighted by Crippen LogP contribution is 2.42. The van der Waals surface area contributed by atoms with Crippen molar-refractivity contribution >= 4 is 11.8 Å². The van der Waals surface area contributed by atoms with E-state index in [2.05, 4.69) is 25.3 Å². The summed E-state index contributed by atoms with van der Waals surface area (Å²) in [4.78, 5) is 17.4. The fourth-order valence-corrected chi connectivity index (χ4v) is 4.48. The quantitative estimate of drug-likeness (QED) is 0.844. The van der Waals surface area contributed by atoms with Gasteiger partial charge in [0.15, 0.2) is 5.82 Å². The molecule has 29 heavy (non-hydrogen) atoms. The van der Waals surface area contributed by atoms with E-state index in [1.54, 1.807) is 13.1 Å². The molecular formula is C22H26FN5O. The van der Waals surface area contributed by atoms with Crippen LogP contribution in [0.2, 0.25) is 0 Å². The smallest absolute Gasteiger partial charge is 0.318 e. The highest BCUT2D eigenvalue weighted by atomic mass is 19.1. The van der Waals surface area contributed by atoms with E-state index in [9.17, 15) is 9.18 Å². The minimum Gasteiger partial charge on any atom is -0.353 e. The van der Waals surface area contributed by atoms with Crippen LogP contribution in [-0.4, -0.2) is 52.3 Å². The molecule has 2 saturated carbocycles. The van der Waals surface area contributed by atoms with E-state index in [0.717, 1.165) is 50.2 Å². The topological polar surface area (TPSA) is 61.4 Å². The number of benzene rings is 1. The van der Waals surface area contributed by atoms with Crippen molar-refractivity contribution in [2.75, 3.05) is 18.0 Å². The predicted octanol–water partition coefficient (Wildman–Crippen LogP) is 3.23. The van der Waals surface area contributed by atoms with Crippen LogP contribution < -0.4 is 10.2 Å². The molecule has 3 fully saturated rings. The maximum atomic E-state index is 13.5. The third-order valence-corrected chi connectivity index (χ3v) is 6.32. The van der Waals surface area contributed by atoms with Crippen molar-refractivity contribution in [1.29, 1.82) is 0 Å². The molecule has 1 N–H and O–H groups in total. The van der Waals surface area contributed by atoms with Gasteiger partial charge in [-0.15, -0.1) is 5.10 Å². The Bertz CT molecular complexity index is 903. The Kier molecular flexibility index (Phi) is 4.60. The van der Waals surface area contributed by atoms with Crippen LogP contribution in [0.4, 0.5) is 15.0 Å². The number of aryl methyl sites for hydroxylation is 1. The van der Waals surface area contributed by atoms with Gasteiger partial charge in [-0.25, -0.2) is 9.18 Å². The fraction of sp³-hybridized carbons (Fsp3) is 0.500. The first-order chi connectivity index (χ1) is 14.1. The molecule has 2 heterocycles. The first-order valence-electron chi connectivity index (χ1n) is 10.5. The summed E-state index contributed by atoms with van der Waals surface area (Å²) in [6, 6.07) is 9.88. The van der Waals surface area contributed by atoms with Crippen LogP contribution in [0.3, 0.4) is 0 Å². The lowest BCUT2D eigenvalue weighted by molar-refractivity contribution is 0.174. The molecule has 0 bridgehead atoms. The van der Waals surface area contributed by atoms with Gasteiger partial charge in [-0.1, -0.05) is 12.1 Å². The molecule has 2 aromatic rings. The first kappa shape index (κ1) is 18.3. The van der Waals surface area contributed by atoms with Crippen molar-refractivity contribution in [2.24, 2.45) is 0 Å². The number of amides is 2. The zero-order chi connectivity index (χ0) is 20.0. The molecule has 1 aromatic heterocycles. The molecular weight excluding hydrogens is 369 g/mol. The van der Waals surface area contributed by atoms with Crippen LogP contribution in [0.1, 0.15) is 42.7 Å². The third kappa shape index (κ3) is 3.78. The van der Waals surface area contributed by atoms with Crippen molar-refractivity contribution in [3.63, 3.8) is 0 Å². The van der Waals surface area contributed by atoms with E-state index < -0.39 is 0 Å². The first-order valence-corrected chi connectivity index (χ1v) is 10.5. The van der Waals surface area contributed by atoms with Gasteiger partial charge in [-0.05, 0) is 61.9 Å². The highest BCUT2D eigenvalue weighted by molar-refractivity contribution is 5.76. The zero-order valence-corrected chi connectivity index (χ0v) is 16.6. The summed E-state index contributed by atoms with van der Waals surface area (Å²) in [5.41, 5.74) is 1.77. The standard InChI is InChI=1S/C22H26FN5O/c1-14-11-15(4-7-19(14)23)18-12-20(18)25-22(29)28(16-5-6-16)17-8-10-27(13-17)21-3-2-9-24-26-21/h2-4,7,9,11,16-18,20H,5-6,8,10,12-13H2,1H3,(H,25,29)/t17-,18?,20?/m0/s1. The molecule has 2 aliphatic carbocycles. The number of anilines is 1. The molecule has 1 aliphatic heterocycles. The molecule has 5 rings (SSSR count). The summed E-state index contributed by atoms with van der Waals surface area (Å²) in [6.07, 6.45) is 5.72. The second-order valence-corrected chi connectivity index (χ2v) is 8.52. The van der Waals surface area contributed by atoms with E-state index in [1.165, 1.54) is 6.07 Å². The highest BCUT2D eigenvalue weighted by Gasteiger charge is 2.45. The maximum absolute atomic E-state index is 13.5. The van der Waals surface area contributed by atoms with E-state index in [1.807, 2.05) is 24.3 Å². The lowest BCUT2D eigenvalue weighted by Gasteiger charge is -2.29. The third-order valence-electron chi connectivity index (χ3n) is 6.32. The van der Waals surface area contributed by atoms with Crippen molar-refractivity contribution in [3.8, 4) is 0 Å². The summed E-state index contributed by atoms with van der Waals surface area (Å²) in [5, 5.41) is 11.4. The van der Waals surface area contributed by atoms with Gasteiger partial charge in [0, 0.05) is 37.3 Å². The maximum Gasteiger partial charge on any atom is 0.318 e. The number of nitrogens with one attached hydrogen (secondary N) is 1. The zero-order valence-electron chi connectivity index (χ0n) is 16.6. The molecule has 1 aromatic carbocycles. The number of hydrogen-bond acceptors (Lipinski definition) is 4. The number of aromatic nitrogens is 2. The summed E-state index contributed by atoms with van der Waals surface area (Å²) in [5.74, 6) is 0.989. The largest absolute Gasteiger partial charge is 0.353 e. The van der Waals surface area contributed by atoms with E-state index in [4.69, 9.17) is 0 Å². The molecule has 2 amide bonds. The predicted molar refractivity (Wildman–Crippen MR) is 108 cm³/mol. The summed E-state index contributed by atoms with van der Waals surface area (Å²) >= 11 is 0. The lowest BCUT2D eigenvalue weighted by Crippen LogP contribution is -2.49. The minimum absolute atomic E-state index is 0.0461. The van der Waals surface area contributed by atoms with Gasteiger partial charge in [-0.3, -0.25) is 0 Å². The Hall–Kier alpha value is -2.70. The molecule has 152 valence electrons. The Labute approximate surface area is 170 Å². The molecule has 7 heteroatoms. The van der Waals surface area contributed by atoms with Crippen LogP contribution >= 0.6 is 0 Å². The van der Waals surface area contributed by atoms with Crippen LogP contribution in [0.15, 0.2) is 36.5 Å². The van der Waals surface area contributed by atoms with E-state index >= 15 is 0 Å². The number of urea groups is 1. The molecule has 6 nitrogen and oxygen atoms in total. The van der Waals surface area contributed by atoms with Gasteiger partial charge in [0.25, 0.3) is 0 Å². The van der Waals surface area contributed by atoms with Crippen molar-refractivity contribution in [1.82, 2.24) is 20.4 Å². The van der Waals surface area contributed by atoms with Crippen molar-refractivity contribution < 1.29 is 9.18 Å². The van der Waals surface area contributed by atoms with Crippen LogP contribution in [-0.2, 0) is 0 Å². The number of halogens is 1. The molecule has 0 radical (unpaired) electrons. The van der Waals surface area contributed by atoms with Crippen molar-refractivity contribution in [3.05, 3.63) is 53.5 Å². The number of carbonyl (C=O) groups is 1. The number of nitrogens with zero attached hydrogens (tertiary/aromatic N) is 4. The molecule has 0 spiro atoms. The van der Waals surface area contributed by atoms with E-state index in [0.29, 0.717) is 17.5 Å². The van der Waals surface area contributed by atoms with Gasteiger partial charge in [-0.2, -0.15) is 5.10 Å². The Morgan fingerprint density at radius 3 is 2.83 bits per heavy atom. The summed E-state index contributed by atoms with van der Waals surface area (Å²) in [7, 11) is 0. The fourth-order valence-electron chi connectivity index (χ4n) is 4.48. The van der Waals surface area contributed by atoms with Crippen LogP contribution in [0.5, 0.6) is 0 Å². The number of carbonyl (C=O) groups excluding carboxylic acids is 1. The molecule has 3 atom stereocenters. The van der Waals surface area contributed by atoms with Gasteiger partial charge in [0.1, 0.15) is 5.82 Å². The normalized spacial score (nSPS) is 25.7. The summed E-state index contributed by atoms with van der Waals surface area (Å²) < 4.78 is 13.5. The summed E-state index contributed by atoms with van der Waals surface area (Å²) in [6.45, 7) is 3.47. The van der Waals surface area contributed by atoms with Gasteiger partial charge in [0.05, 0.1) is 6.04 Å². The second-order valence-electron chi connectivity index (χ2n) is 8.52. The Morgan fingerprint density at radius 1 is 1.24 bits per heavy atom. The average molecular weight is 395 g/mol. The van der Waals surface area contributed by atoms with Crippen molar-refractivity contribution in [2.45, 2.75) is 56.7 Å². The van der Waals surface area contributed by atoms with Gasteiger partial charge in [0.2, 0.25) is 0 Å². The molecule has 2 unspecified atom stereocenters. The van der Waals surface area contributed by atoms with Crippen LogP contribution in [0.25, 0.3) is 0 Å². The van der Waals surface area contributed by atoms with Gasteiger partial charge >= 0.3 is 6.03 Å². The second kappa shape index (κ2) is 7.28. The monoisotopic (exact) mass is 395 g/mol. The number of hydrogen-bond donors (Lipinski definition) is 1. The molecule has 1 saturated heterocycles. The molecule has 3 aliphatic rings. The van der Waals surface area contributed by atoms with E-state index in [-0.39, 0.29) is 23.9 Å². The lowest BCUT2D eigenvalue weighted by atomic mass is 10.1. The van der Waals surface area contributed by atoms with Crippen LogP contribution in [0, 0.1) is 12.7 Å². The van der Waals surface area contributed by atoms with Gasteiger partial charge < -0.3 is 15.1 Å². The average Bonchev–Trinajstić information content (AvgIpc) is 3.64. The Balaban J connectivity index is 1.22. The Morgan fingerprint density at radius 2 is 2.10 bits per heavy atom. The SMILES string of the molecule is Cc1cc(C2CC2NC(=O)N(C2CC2)[C@H]2CCN(c3cccnn3)C2)ccc1F. The minimum atomic E-state index is -0.177. The number of rotatable bonds is 5.